The van der Waals surface area contributed by atoms with E-state index in [1.807, 2.05) is 48.5 Å². The molecule has 0 amide bonds. The van der Waals surface area contributed by atoms with Crippen LogP contribution in [0.3, 0.4) is 0 Å². The smallest absolute Gasteiger partial charge is 0.139 e. The predicted octanol–water partition coefficient (Wildman–Crippen LogP) is 9.92. The molecule has 0 aliphatic heterocycles. The Morgan fingerprint density at radius 1 is 0.571 bits per heavy atom. The molecule has 3 aromatic heterocycles. The molecule has 0 atom stereocenters. The molecular weight excluding hydrogens is 514 g/mol. The first kappa shape index (κ1) is 22.9. The number of furan rings is 1. The number of benzene rings is 6. The molecule has 0 aliphatic rings. The Balaban J connectivity index is 1.35. The van der Waals surface area contributed by atoms with Crippen molar-refractivity contribution in [1.82, 2.24) is 9.55 Å². The molecule has 0 bridgehead atoms. The molecule has 0 fully saturated rings. The van der Waals surface area contributed by atoms with Gasteiger partial charge in [-0.15, -0.1) is 0 Å². The van der Waals surface area contributed by atoms with Gasteiger partial charge in [0.15, 0.2) is 0 Å². The van der Waals surface area contributed by atoms with Crippen LogP contribution < -0.4 is 0 Å². The van der Waals surface area contributed by atoms with Gasteiger partial charge >= 0.3 is 0 Å². The van der Waals surface area contributed by atoms with Crippen LogP contribution in [0.5, 0.6) is 0 Å². The average molecular weight is 536 g/mol. The summed E-state index contributed by atoms with van der Waals surface area (Å²) in [6.45, 7) is 0. The normalized spacial score (nSPS) is 11.8. The number of nitriles is 1. The van der Waals surface area contributed by atoms with Gasteiger partial charge in [0.2, 0.25) is 0 Å². The Labute approximate surface area is 240 Å². The summed E-state index contributed by atoms with van der Waals surface area (Å²) in [5, 5.41) is 17.8. The standard InChI is InChI=1S/C38H21N3O/c39-22-26-21-37(40-32-11-5-3-8-27(26)32)41-33-17-15-24(19-31(33)38-28-9-2-1-7-23(28)14-18-34(38)41)25-13-16-30-29-10-4-6-12-35(29)42-36(30)20-25/h1-21H. The molecule has 3 heterocycles. The lowest BCUT2D eigenvalue weighted by Gasteiger charge is -2.10. The van der Waals surface area contributed by atoms with E-state index in [1.165, 1.54) is 16.2 Å². The van der Waals surface area contributed by atoms with E-state index in [1.54, 1.807) is 0 Å². The van der Waals surface area contributed by atoms with Crippen molar-refractivity contribution in [2.45, 2.75) is 0 Å². The quantitative estimate of drug-likeness (QED) is 0.221. The largest absolute Gasteiger partial charge is 0.456 e. The highest BCUT2D eigenvalue weighted by molar-refractivity contribution is 6.22. The lowest BCUT2D eigenvalue weighted by molar-refractivity contribution is 0.669. The number of pyridine rings is 1. The van der Waals surface area contributed by atoms with Crippen LogP contribution in [0.25, 0.3) is 82.4 Å². The van der Waals surface area contributed by atoms with Gasteiger partial charge in [-0.3, -0.25) is 4.57 Å². The second kappa shape index (κ2) is 8.54. The molecule has 9 rings (SSSR count). The zero-order valence-corrected chi connectivity index (χ0v) is 22.4. The van der Waals surface area contributed by atoms with Gasteiger partial charge in [0.1, 0.15) is 17.0 Å². The first-order valence-corrected chi connectivity index (χ1v) is 13.9. The van der Waals surface area contributed by atoms with Crippen LogP contribution in [0.1, 0.15) is 5.56 Å². The summed E-state index contributed by atoms with van der Waals surface area (Å²) in [5.74, 6) is 0.733. The van der Waals surface area contributed by atoms with Crippen LogP contribution in [0.4, 0.5) is 0 Å². The Hall–Kier alpha value is -5.92. The summed E-state index contributed by atoms with van der Waals surface area (Å²) >= 11 is 0. The molecule has 0 aliphatic carbocycles. The van der Waals surface area contributed by atoms with Gasteiger partial charge in [-0.05, 0) is 70.4 Å². The van der Waals surface area contributed by atoms with Crippen molar-refractivity contribution >= 4 is 65.4 Å². The van der Waals surface area contributed by atoms with Crippen molar-refractivity contribution in [2.75, 3.05) is 0 Å². The molecule has 194 valence electrons. The third-order valence-electron chi connectivity index (χ3n) is 8.42. The number of para-hydroxylation sites is 2. The fourth-order valence-corrected chi connectivity index (χ4v) is 6.49. The minimum atomic E-state index is 0.613. The predicted molar refractivity (Wildman–Crippen MR) is 171 cm³/mol. The van der Waals surface area contributed by atoms with Crippen LogP contribution >= 0.6 is 0 Å². The molecule has 6 aromatic carbocycles. The van der Waals surface area contributed by atoms with E-state index in [2.05, 4.69) is 89.5 Å². The van der Waals surface area contributed by atoms with Gasteiger partial charge < -0.3 is 4.42 Å². The zero-order chi connectivity index (χ0) is 27.8. The minimum absolute atomic E-state index is 0.613. The van der Waals surface area contributed by atoms with E-state index >= 15 is 0 Å². The highest BCUT2D eigenvalue weighted by Crippen LogP contribution is 2.40. The Kier molecular flexibility index (Phi) is 4.65. The van der Waals surface area contributed by atoms with Crippen molar-refractivity contribution in [1.29, 1.82) is 5.26 Å². The number of aromatic nitrogens is 2. The van der Waals surface area contributed by atoms with E-state index in [-0.39, 0.29) is 0 Å². The van der Waals surface area contributed by atoms with Gasteiger partial charge in [0, 0.05) is 26.9 Å². The van der Waals surface area contributed by atoms with E-state index in [9.17, 15) is 5.26 Å². The molecule has 0 unspecified atom stereocenters. The summed E-state index contributed by atoms with van der Waals surface area (Å²) < 4.78 is 8.40. The Morgan fingerprint density at radius 3 is 2.19 bits per heavy atom. The second-order valence-corrected chi connectivity index (χ2v) is 10.7. The maximum Gasteiger partial charge on any atom is 0.139 e. The third kappa shape index (κ3) is 3.19. The third-order valence-corrected chi connectivity index (χ3v) is 8.42. The summed E-state index contributed by atoms with van der Waals surface area (Å²) in [4.78, 5) is 5.04. The summed E-state index contributed by atoms with van der Waals surface area (Å²) in [5.41, 5.74) is 7.50. The first-order chi connectivity index (χ1) is 20.8. The van der Waals surface area contributed by atoms with Crippen LogP contribution in [-0.4, -0.2) is 9.55 Å². The highest BCUT2D eigenvalue weighted by atomic mass is 16.3. The molecule has 0 saturated heterocycles. The Bertz CT molecular complexity index is 2600. The molecule has 4 heteroatoms. The van der Waals surface area contributed by atoms with Crippen molar-refractivity contribution in [3.63, 3.8) is 0 Å². The molecule has 0 radical (unpaired) electrons. The maximum atomic E-state index is 10.0. The monoisotopic (exact) mass is 535 g/mol. The van der Waals surface area contributed by atoms with E-state index in [0.717, 1.165) is 66.2 Å². The molecule has 0 saturated carbocycles. The van der Waals surface area contributed by atoms with Crippen molar-refractivity contribution in [3.8, 4) is 23.0 Å². The van der Waals surface area contributed by atoms with Gasteiger partial charge in [-0.1, -0.05) is 78.9 Å². The van der Waals surface area contributed by atoms with Crippen molar-refractivity contribution in [3.05, 3.63) is 133 Å². The summed E-state index contributed by atoms with van der Waals surface area (Å²) in [6, 6.07) is 46.2. The minimum Gasteiger partial charge on any atom is -0.456 e. The maximum absolute atomic E-state index is 10.0. The lowest BCUT2D eigenvalue weighted by atomic mass is 9.99. The van der Waals surface area contributed by atoms with E-state index < -0.39 is 0 Å². The van der Waals surface area contributed by atoms with Gasteiger partial charge in [-0.2, -0.15) is 5.26 Å². The summed E-state index contributed by atoms with van der Waals surface area (Å²) in [7, 11) is 0. The van der Waals surface area contributed by atoms with E-state index in [4.69, 9.17) is 9.40 Å². The Morgan fingerprint density at radius 2 is 1.29 bits per heavy atom. The number of rotatable bonds is 2. The first-order valence-electron chi connectivity index (χ1n) is 13.9. The van der Waals surface area contributed by atoms with Crippen LogP contribution in [0.2, 0.25) is 0 Å². The molecule has 0 N–H and O–H groups in total. The summed E-state index contributed by atoms with van der Waals surface area (Å²) in [6.07, 6.45) is 0. The number of fused-ring (bicyclic) bond motifs is 9. The van der Waals surface area contributed by atoms with Crippen molar-refractivity contribution in [2.24, 2.45) is 0 Å². The second-order valence-electron chi connectivity index (χ2n) is 10.7. The lowest BCUT2D eigenvalue weighted by Crippen LogP contribution is -1.99. The van der Waals surface area contributed by atoms with Crippen molar-refractivity contribution < 1.29 is 4.42 Å². The number of nitrogens with zero attached hydrogens (tertiary/aromatic N) is 3. The number of hydrogen-bond acceptors (Lipinski definition) is 3. The molecule has 9 aromatic rings. The fourth-order valence-electron chi connectivity index (χ4n) is 6.49. The number of hydrogen-bond donors (Lipinski definition) is 0. The molecule has 4 nitrogen and oxygen atoms in total. The molecule has 0 spiro atoms. The van der Waals surface area contributed by atoms with Gasteiger partial charge in [-0.25, -0.2) is 4.98 Å². The average Bonchev–Trinajstić information content (AvgIpc) is 3.59. The fraction of sp³-hybridized carbons (Fsp3) is 0. The zero-order valence-electron chi connectivity index (χ0n) is 22.4. The van der Waals surface area contributed by atoms with Gasteiger partial charge in [0.05, 0.1) is 28.2 Å². The van der Waals surface area contributed by atoms with Crippen LogP contribution in [-0.2, 0) is 0 Å². The van der Waals surface area contributed by atoms with E-state index in [0.29, 0.717) is 5.56 Å². The SMILES string of the molecule is N#Cc1cc(-n2c3ccc(-c4ccc5c(c4)oc4ccccc45)cc3c3c4ccccc4ccc32)nc2ccccc12. The van der Waals surface area contributed by atoms with Crippen LogP contribution in [0, 0.1) is 11.3 Å². The van der Waals surface area contributed by atoms with Gasteiger partial charge in [0.25, 0.3) is 0 Å². The topological polar surface area (TPSA) is 54.8 Å². The molecule has 42 heavy (non-hydrogen) atoms. The van der Waals surface area contributed by atoms with Crippen LogP contribution in [0.15, 0.2) is 132 Å². The molecular formula is C38H21N3O. The highest BCUT2D eigenvalue weighted by Gasteiger charge is 2.18.